The van der Waals surface area contributed by atoms with Crippen molar-refractivity contribution < 1.29 is 32.9 Å². The molecule has 0 rings (SSSR count). The summed E-state index contributed by atoms with van der Waals surface area (Å²) in [6, 6.07) is -0.868. The second-order valence-corrected chi connectivity index (χ2v) is 23.5. The van der Waals surface area contributed by atoms with Gasteiger partial charge >= 0.3 is 7.82 Å². The summed E-state index contributed by atoms with van der Waals surface area (Å²) in [7, 11) is 1.55. The fourth-order valence-corrected chi connectivity index (χ4v) is 9.53. The van der Waals surface area contributed by atoms with Crippen LogP contribution in [0, 0.1) is 0 Å². The van der Waals surface area contributed by atoms with Crippen molar-refractivity contribution in [3.63, 3.8) is 0 Å². The second kappa shape index (κ2) is 55.4. The molecule has 74 heavy (non-hydrogen) atoms. The molecule has 8 nitrogen and oxygen atoms in total. The van der Waals surface area contributed by atoms with Crippen LogP contribution in [0.4, 0.5) is 0 Å². The van der Waals surface area contributed by atoms with E-state index in [1.807, 2.05) is 27.2 Å². The average molecular weight is 1060 g/mol. The number of aliphatic hydroxyl groups is 1. The number of rotatable bonds is 56. The van der Waals surface area contributed by atoms with Crippen LogP contribution in [0.5, 0.6) is 0 Å². The Balaban J connectivity index is 4.17. The van der Waals surface area contributed by atoms with Gasteiger partial charge < -0.3 is 19.8 Å². The minimum absolute atomic E-state index is 0.0540. The van der Waals surface area contributed by atoms with Gasteiger partial charge in [0.2, 0.25) is 5.91 Å². The number of amides is 1. The molecule has 0 aliphatic heterocycles. The number of carbonyl (C=O) groups is 1. The Bertz CT molecular complexity index is 1480. The molecular weight excluding hydrogens is 936 g/mol. The molecule has 3 atom stereocenters. The van der Waals surface area contributed by atoms with Gasteiger partial charge in [-0.1, -0.05) is 272 Å². The zero-order valence-corrected chi connectivity index (χ0v) is 50.0. The summed E-state index contributed by atoms with van der Waals surface area (Å²) in [4.78, 5) is 23.3. The number of allylic oxidation sites excluding steroid dienone is 13. The molecule has 1 amide bonds. The van der Waals surface area contributed by atoms with E-state index in [1.54, 1.807) is 6.08 Å². The van der Waals surface area contributed by atoms with Crippen LogP contribution in [0.3, 0.4) is 0 Å². The highest BCUT2D eigenvalue weighted by molar-refractivity contribution is 7.47. The zero-order valence-electron chi connectivity index (χ0n) is 49.1. The molecule has 0 aromatic carbocycles. The van der Waals surface area contributed by atoms with Crippen LogP contribution in [0.1, 0.15) is 271 Å². The van der Waals surface area contributed by atoms with E-state index >= 15 is 0 Å². The number of unbranched alkanes of at least 4 members (excludes halogenated alkanes) is 31. The Morgan fingerprint density at radius 1 is 0.473 bits per heavy atom. The largest absolute Gasteiger partial charge is 0.472 e. The lowest BCUT2D eigenvalue weighted by molar-refractivity contribution is -0.870. The van der Waals surface area contributed by atoms with E-state index in [-0.39, 0.29) is 19.1 Å². The molecule has 9 heteroatoms. The van der Waals surface area contributed by atoms with Gasteiger partial charge in [0.25, 0.3) is 0 Å². The van der Waals surface area contributed by atoms with E-state index in [0.29, 0.717) is 17.4 Å². The maximum Gasteiger partial charge on any atom is 0.472 e. The number of carbonyl (C=O) groups excluding carboxylic acids is 1. The summed E-state index contributed by atoms with van der Waals surface area (Å²) < 4.78 is 23.7. The van der Waals surface area contributed by atoms with Gasteiger partial charge in [0.1, 0.15) is 13.2 Å². The Labute approximate surface area is 458 Å². The van der Waals surface area contributed by atoms with Crippen molar-refractivity contribution in [1.29, 1.82) is 0 Å². The first-order valence-corrected chi connectivity index (χ1v) is 32.5. The monoisotopic (exact) mass is 1060 g/mol. The second-order valence-electron chi connectivity index (χ2n) is 22.0. The normalized spacial score (nSPS) is 14.4. The Hall–Kier alpha value is -2.32. The molecule has 0 bridgehead atoms. The minimum Gasteiger partial charge on any atom is -0.387 e. The quantitative estimate of drug-likeness (QED) is 0.0243. The van der Waals surface area contributed by atoms with Gasteiger partial charge in [0.15, 0.2) is 0 Å². The lowest BCUT2D eigenvalue weighted by atomic mass is 10.0. The highest BCUT2D eigenvalue weighted by Crippen LogP contribution is 2.43. The molecule has 0 aromatic heterocycles. The van der Waals surface area contributed by atoms with Crippen LogP contribution in [0.15, 0.2) is 85.1 Å². The maximum atomic E-state index is 13.0. The number of phosphoric ester groups is 1. The predicted octanol–water partition coefficient (Wildman–Crippen LogP) is 19.2. The third kappa shape index (κ3) is 57.4. The number of hydrogen-bond acceptors (Lipinski definition) is 5. The number of phosphoric acid groups is 1. The summed E-state index contributed by atoms with van der Waals surface area (Å²) in [6.07, 6.45) is 78.4. The van der Waals surface area contributed by atoms with E-state index in [1.165, 1.54) is 180 Å². The van der Waals surface area contributed by atoms with Crippen molar-refractivity contribution in [2.45, 2.75) is 283 Å². The average Bonchev–Trinajstić information content (AvgIpc) is 3.36. The molecule has 0 saturated carbocycles. The van der Waals surface area contributed by atoms with Crippen molar-refractivity contribution in [3.8, 4) is 0 Å². The maximum absolute atomic E-state index is 13.0. The molecule has 0 radical (unpaired) electrons. The first kappa shape index (κ1) is 71.7. The van der Waals surface area contributed by atoms with Gasteiger partial charge in [0, 0.05) is 6.42 Å². The molecule has 0 spiro atoms. The Morgan fingerprint density at radius 2 is 0.824 bits per heavy atom. The molecule has 430 valence electrons. The standard InChI is InChI=1S/C65H119N2O6P/c1-6-8-10-12-14-16-18-20-22-24-26-28-29-30-31-32-33-34-35-36-37-39-41-43-45-47-49-51-53-55-57-59-65(69)66-63(62-73-74(70,71)72-61-60-67(3,4)5)64(68)58-56-54-52-50-48-46-44-42-40-38-27-25-23-21-19-17-15-13-11-9-7-2/h8,10,14,16,20,22,26,28,30-31,48,50,56,58,63-64,68H,6-7,9,11-13,15,17-19,21,23-25,27,29,32-47,49,51-55,57,59-62H2,1-5H3,(H-,66,69,70,71)/p+1/b10-8-,16-14-,22-20-,28-26-,31-30-,50-48+,58-56+. The number of nitrogens with zero attached hydrogens (tertiary/aromatic N) is 1. The van der Waals surface area contributed by atoms with Gasteiger partial charge in [-0.2, -0.15) is 0 Å². The van der Waals surface area contributed by atoms with Crippen LogP contribution in [-0.4, -0.2) is 73.4 Å². The summed E-state index contributed by atoms with van der Waals surface area (Å²) in [5.41, 5.74) is 0. The van der Waals surface area contributed by atoms with E-state index in [2.05, 4.69) is 92.1 Å². The van der Waals surface area contributed by atoms with E-state index in [4.69, 9.17) is 9.05 Å². The molecule has 0 fully saturated rings. The number of nitrogens with one attached hydrogen (secondary N) is 1. The topological polar surface area (TPSA) is 105 Å². The van der Waals surface area contributed by atoms with Gasteiger partial charge in [-0.05, 0) is 77.0 Å². The summed E-state index contributed by atoms with van der Waals surface area (Å²) in [5.74, 6) is -0.187. The predicted molar refractivity (Wildman–Crippen MR) is 323 cm³/mol. The SMILES string of the molecule is CC/C=C\C/C=C\C/C=C\C/C=C\C/C=C\CCCCCCCCCCCCCCCCCC(=O)NC(COP(=O)(O)OCC[N+](C)(C)C)C(O)/C=C/CC/C=C/CCCCCCCCCCCCCCCCC. The highest BCUT2D eigenvalue weighted by Gasteiger charge is 2.27. The fraction of sp³-hybridized carbons (Fsp3) is 0.769. The highest BCUT2D eigenvalue weighted by atomic mass is 31.2. The minimum atomic E-state index is -4.36. The number of aliphatic hydroxyl groups excluding tert-OH is 1. The Morgan fingerprint density at radius 3 is 1.24 bits per heavy atom. The van der Waals surface area contributed by atoms with Crippen molar-refractivity contribution >= 4 is 13.7 Å². The Kier molecular flexibility index (Phi) is 53.7. The molecular formula is C65H120N2O6P+. The van der Waals surface area contributed by atoms with Crippen molar-refractivity contribution in [2.75, 3.05) is 40.9 Å². The molecule has 0 aliphatic carbocycles. The molecule has 3 unspecified atom stereocenters. The lowest BCUT2D eigenvalue weighted by Crippen LogP contribution is -2.45. The van der Waals surface area contributed by atoms with Gasteiger partial charge in [-0.3, -0.25) is 13.8 Å². The first-order valence-electron chi connectivity index (χ1n) is 31.0. The van der Waals surface area contributed by atoms with Crippen LogP contribution in [-0.2, 0) is 18.4 Å². The molecule has 0 aromatic rings. The van der Waals surface area contributed by atoms with Crippen molar-refractivity contribution in [2.24, 2.45) is 0 Å². The third-order valence-corrected chi connectivity index (χ3v) is 14.6. The van der Waals surface area contributed by atoms with Crippen molar-refractivity contribution in [1.82, 2.24) is 5.32 Å². The van der Waals surface area contributed by atoms with Crippen LogP contribution < -0.4 is 5.32 Å². The summed E-state index contributed by atoms with van der Waals surface area (Å²) in [5, 5.41) is 13.9. The van der Waals surface area contributed by atoms with Crippen LogP contribution in [0.25, 0.3) is 0 Å². The molecule has 3 N–H and O–H groups in total. The zero-order chi connectivity index (χ0) is 54.2. The van der Waals surface area contributed by atoms with E-state index in [9.17, 15) is 19.4 Å². The van der Waals surface area contributed by atoms with Gasteiger partial charge in [-0.15, -0.1) is 0 Å². The molecule has 0 saturated heterocycles. The number of likely N-dealkylation sites (N-methyl/N-ethyl adjacent to an activating group) is 1. The van der Waals surface area contributed by atoms with Gasteiger partial charge in [-0.25, -0.2) is 4.57 Å². The lowest BCUT2D eigenvalue weighted by Gasteiger charge is -2.25. The van der Waals surface area contributed by atoms with Crippen LogP contribution >= 0.6 is 7.82 Å². The third-order valence-electron chi connectivity index (χ3n) is 13.6. The molecule has 0 heterocycles. The van der Waals surface area contributed by atoms with Crippen molar-refractivity contribution in [3.05, 3.63) is 85.1 Å². The number of quaternary nitrogens is 1. The van der Waals surface area contributed by atoms with Crippen LogP contribution in [0.2, 0.25) is 0 Å². The molecule has 0 aliphatic rings. The van der Waals surface area contributed by atoms with E-state index < -0.39 is 20.0 Å². The van der Waals surface area contributed by atoms with E-state index in [0.717, 1.165) is 70.6 Å². The smallest absolute Gasteiger partial charge is 0.387 e. The fourth-order valence-electron chi connectivity index (χ4n) is 8.79. The summed E-state index contributed by atoms with van der Waals surface area (Å²) in [6.45, 7) is 4.70. The number of hydrogen-bond donors (Lipinski definition) is 3. The first-order chi connectivity index (χ1) is 36.0. The van der Waals surface area contributed by atoms with Gasteiger partial charge in [0.05, 0.1) is 39.9 Å². The summed E-state index contributed by atoms with van der Waals surface area (Å²) >= 11 is 0.